The molecule has 3 rings (SSSR count). The molecule has 1 heterocycles. The van der Waals surface area contributed by atoms with Gasteiger partial charge in [0.05, 0.1) is 13.2 Å². The van der Waals surface area contributed by atoms with Crippen LogP contribution in [0, 0.1) is 0 Å². The van der Waals surface area contributed by atoms with E-state index in [4.69, 9.17) is 4.74 Å². The number of hydrogen-bond acceptors (Lipinski definition) is 4. The number of carbonyl (C=O) groups is 2. The van der Waals surface area contributed by atoms with Crippen LogP contribution in [0.5, 0.6) is 5.75 Å². The predicted octanol–water partition coefficient (Wildman–Crippen LogP) is 2.38. The zero-order valence-corrected chi connectivity index (χ0v) is 17.1. The fourth-order valence-electron chi connectivity index (χ4n) is 3.48. The lowest BCUT2D eigenvalue weighted by atomic mass is 9.99. The van der Waals surface area contributed by atoms with E-state index in [1.54, 1.807) is 24.3 Å². The normalized spacial score (nSPS) is 14.6. The lowest BCUT2D eigenvalue weighted by molar-refractivity contribution is -0.120. The Labute approximate surface area is 172 Å². The molecule has 6 heteroatoms. The zero-order chi connectivity index (χ0) is 20.6. The van der Waals surface area contributed by atoms with E-state index in [1.165, 1.54) is 11.1 Å². The highest BCUT2D eigenvalue weighted by molar-refractivity contribution is 5.96. The average Bonchev–Trinajstić information content (AvgIpc) is 2.76. The lowest BCUT2D eigenvalue weighted by Crippen LogP contribution is -2.46. The molecule has 0 saturated heterocycles. The Kier molecular flexibility index (Phi) is 7.25. The van der Waals surface area contributed by atoms with Crippen molar-refractivity contribution in [1.29, 1.82) is 0 Å². The number of amides is 2. The van der Waals surface area contributed by atoms with Gasteiger partial charge in [0, 0.05) is 31.2 Å². The molecule has 1 aliphatic heterocycles. The molecule has 2 N–H and O–H groups in total. The van der Waals surface area contributed by atoms with E-state index in [0.717, 1.165) is 25.3 Å². The molecule has 1 aliphatic rings. The molecule has 6 nitrogen and oxygen atoms in total. The summed E-state index contributed by atoms with van der Waals surface area (Å²) in [6, 6.07) is 15.6. The van der Waals surface area contributed by atoms with E-state index < -0.39 is 0 Å². The van der Waals surface area contributed by atoms with Crippen molar-refractivity contribution in [3.63, 3.8) is 0 Å². The van der Waals surface area contributed by atoms with E-state index in [2.05, 4.69) is 46.7 Å². The molecular weight excluding hydrogens is 366 g/mol. The van der Waals surface area contributed by atoms with Gasteiger partial charge in [-0.1, -0.05) is 24.3 Å². The molecule has 0 fully saturated rings. The molecule has 1 atom stereocenters. The second-order valence-corrected chi connectivity index (χ2v) is 7.28. The van der Waals surface area contributed by atoms with Gasteiger partial charge in [-0.05, 0) is 55.7 Å². The van der Waals surface area contributed by atoms with Gasteiger partial charge in [0.2, 0.25) is 5.91 Å². The van der Waals surface area contributed by atoms with Gasteiger partial charge in [0.1, 0.15) is 5.75 Å². The second kappa shape index (κ2) is 10.1. The third kappa shape index (κ3) is 5.81. The maximum Gasteiger partial charge on any atom is 0.251 e. The van der Waals surface area contributed by atoms with Crippen LogP contribution in [-0.2, 0) is 17.8 Å². The summed E-state index contributed by atoms with van der Waals surface area (Å²) >= 11 is 0. The number of rotatable bonds is 8. The van der Waals surface area contributed by atoms with Crippen molar-refractivity contribution in [3.05, 3.63) is 65.2 Å². The highest BCUT2D eigenvalue weighted by Crippen LogP contribution is 2.19. The van der Waals surface area contributed by atoms with E-state index in [9.17, 15) is 9.59 Å². The van der Waals surface area contributed by atoms with Gasteiger partial charge in [-0.2, -0.15) is 0 Å². The molecular formula is C23H29N3O3. The number of benzene rings is 2. The first-order valence-corrected chi connectivity index (χ1v) is 10.2. The van der Waals surface area contributed by atoms with Crippen LogP contribution in [-0.4, -0.2) is 49.0 Å². The summed E-state index contributed by atoms with van der Waals surface area (Å²) in [5.41, 5.74) is 3.28. The van der Waals surface area contributed by atoms with Gasteiger partial charge in [-0.3, -0.25) is 14.5 Å². The summed E-state index contributed by atoms with van der Waals surface area (Å²) < 4.78 is 5.36. The Hall–Kier alpha value is -2.86. The summed E-state index contributed by atoms with van der Waals surface area (Å²) in [5, 5.41) is 5.58. The lowest BCUT2D eigenvalue weighted by Gasteiger charge is -2.33. The quantitative estimate of drug-likeness (QED) is 0.720. The standard InChI is InChI=1S/C23H29N3O3/c1-3-29-21-10-8-19(9-11-21)23(28)25-15-22(27)24-14-17(2)26-13-12-18-6-4-5-7-20(18)16-26/h4-11,17H,3,12-16H2,1-2H3,(H,24,27)(H,25,28). The molecule has 0 radical (unpaired) electrons. The van der Waals surface area contributed by atoms with Crippen LogP contribution in [0.25, 0.3) is 0 Å². The number of ether oxygens (including phenoxy) is 1. The molecule has 1 unspecified atom stereocenters. The molecule has 0 bridgehead atoms. The summed E-state index contributed by atoms with van der Waals surface area (Å²) in [6.07, 6.45) is 1.03. The Bertz CT molecular complexity index is 836. The van der Waals surface area contributed by atoms with Crippen LogP contribution in [0.1, 0.15) is 35.3 Å². The molecule has 0 aliphatic carbocycles. The van der Waals surface area contributed by atoms with Crippen LogP contribution in [0.15, 0.2) is 48.5 Å². The monoisotopic (exact) mass is 395 g/mol. The average molecular weight is 396 g/mol. The topological polar surface area (TPSA) is 70.7 Å². The minimum Gasteiger partial charge on any atom is -0.494 e. The Morgan fingerprint density at radius 2 is 1.79 bits per heavy atom. The molecule has 154 valence electrons. The van der Waals surface area contributed by atoms with Crippen molar-refractivity contribution < 1.29 is 14.3 Å². The van der Waals surface area contributed by atoms with Gasteiger partial charge >= 0.3 is 0 Å². The Balaban J connectivity index is 1.40. The van der Waals surface area contributed by atoms with Crippen LogP contribution < -0.4 is 15.4 Å². The first kappa shape index (κ1) is 20.9. The number of nitrogens with zero attached hydrogens (tertiary/aromatic N) is 1. The van der Waals surface area contributed by atoms with Crippen molar-refractivity contribution >= 4 is 11.8 Å². The van der Waals surface area contributed by atoms with E-state index in [-0.39, 0.29) is 24.4 Å². The van der Waals surface area contributed by atoms with Crippen molar-refractivity contribution in [2.24, 2.45) is 0 Å². The highest BCUT2D eigenvalue weighted by Gasteiger charge is 2.20. The molecule has 2 aromatic rings. The molecule has 2 aromatic carbocycles. The van der Waals surface area contributed by atoms with Gasteiger partial charge in [0.25, 0.3) is 5.91 Å². The summed E-state index contributed by atoms with van der Waals surface area (Å²) in [6.45, 7) is 7.01. The minimum atomic E-state index is -0.274. The summed E-state index contributed by atoms with van der Waals surface area (Å²) in [4.78, 5) is 26.7. The summed E-state index contributed by atoms with van der Waals surface area (Å²) in [7, 11) is 0. The van der Waals surface area contributed by atoms with Gasteiger partial charge < -0.3 is 15.4 Å². The minimum absolute atomic E-state index is 0.0401. The molecule has 29 heavy (non-hydrogen) atoms. The largest absolute Gasteiger partial charge is 0.494 e. The number of nitrogens with one attached hydrogen (secondary N) is 2. The first-order valence-electron chi connectivity index (χ1n) is 10.2. The van der Waals surface area contributed by atoms with E-state index in [1.807, 2.05) is 6.92 Å². The second-order valence-electron chi connectivity index (χ2n) is 7.28. The van der Waals surface area contributed by atoms with Crippen molar-refractivity contribution in [3.8, 4) is 5.75 Å². The molecule has 0 saturated carbocycles. The third-order valence-corrected chi connectivity index (χ3v) is 5.22. The van der Waals surface area contributed by atoms with Crippen LogP contribution in [0.2, 0.25) is 0 Å². The maximum atomic E-state index is 12.2. The van der Waals surface area contributed by atoms with E-state index >= 15 is 0 Å². The van der Waals surface area contributed by atoms with Crippen molar-refractivity contribution in [1.82, 2.24) is 15.5 Å². The number of hydrogen-bond donors (Lipinski definition) is 2. The fourth-order valence-corrected chi connectivity index (χ4v) is 3.48. The SMILES string of the molecule is CCOc1ccc(C(=O)NCC(=O)NCC(C)N2CCc3ccccc3C2)cc1. The van der Waals surface area contributed by atoms with Crippen molar-refractivity contribution in [2.45, 2.75) is 32.9 Å². The third-order valence-electron chi connectivity index (χ3n) is 5.22. The van der Waals surface area contributed by atoms with Crippen LogP contribution >= 0.6 is 0 Å². The molecule has 0 aromatic heterocycles. The van der Waals surface area contributed by atoms with Crippen LogP contribution in [0.3, 0.4) is 0 Å². The highest BCUT2D eigenvalue weighted by atomic mass is 16.5. The number of fused-ring (bicyclic) bond motifs is 1. The predicted molar refractivity (Wildman–Crippen MR) is 113 cm³/mol. The Morgan fingerprint density at radius 3 is 2.52 bits per heavy atom. The van der Waals surface area contributed by atoms with Gasteiger partial charge in [0.15, 0.2) is 0 Å². The first-order chi connectivity index (χ1) is 14.1. The zero-order valence-electron chi connectivity index (χ0n) is 17.1. The molecule has 2 amide bonds. The summed E-state index contributed by atoms with van der Waals surface area (Å²) in [5.74, 6) is 0.258. The fraction of sp³-hybridized carbons (Fsp3) is 0.391. The maximum absolute atomic E-state index is 12.2. The van der Waals surface area contributed by atoms with Crippen LogP contribution in [0.4, 0.5) is 0 Å². The molecule has 0 spiro atoms. The van der Waals surface area contributed by atoms with Crippen molar-refractivity contribution in [2.75, 3.05) is 26.2 Å². The number of carbonyl (C=O) groups excluding carboxylic acids is 2. The van der Waals surface area contributed by atoms with Gasteiger partial charge in [-0.25, -0.2) is 0 Å². The van der Waals surface area contributed by atoms with Gasteiger partial charge in [-0.15, -0.1) is 0 Å². The Morgan fingerprint density at radius 1 is 1.07 bits per heavy atom. The smallest absolute Gasteiger partial charge is 0.251 e. The van der Waals surface area contributed by atoms with E-state index in [0.29, 0.717) is 18.7 Å².